The molecule has 0 bridgehead atoms. The second-order valence-corrected chi connectivity index (χ2v) is 7.67. The first-order chi connectivity index (χ1) is 13.7. The molecule has 29 heavy (non-hydrogen) atoms. The van der Waals surface area contributed by atoms with Gasteiger partial charge in [0.1, 0.15) is 42.5 Å². The lowest BCUT2D eigenvalue weighted by atomic mass is 10.1. The van der Waals surface area contributed by atoms with E-state index in [-0.39, 0.29) is 47.5 Å². The minimum Gasteiger partial charge on any atom is -0.505 e. The molecule has 0 radical (unpaired) electrons. The van der Waals surface area contributed by atoms with E-state index in [4.69, 9.17) is 19.9 Å². The van der Waals surface area contributed by atoms with Gasteiger partial charge in [-0.25, -0.2) is 9.50 Å². The van der Waals surface area contributed by atoms with E-state index in [1.807, 2.05) is 0 Å². The fourth-order valence-corrected chi connectivity index (χ4v) is 3.10. The second kappa shape index (κ2) is 8.24. The monoisotopic (exact) mass is 406 g/mol. The average molecular weight is 406 g/mol. The third-order valence-electron chi connectivity index (χ3n) is 4.72. The Balaban J connectivity index is 1.85. The van der Waals surface area contributed by atoms with Gasteiger partial charge in [0, 0.05) is 12.5 Å². The van der Waals surface area contributed by atoms with Gasteiger partial charge in [0.2, 0.25) is 0 Å². The summed E-state index contributed by atoms with van der Waals surface area (Å²) in [7, 11) is 0. The Morgan fingerprint density at radius 1 is 1.31 bits per heavy atom. The summed E-state index contributed by atoms with van der Waals surface area (Å²) >= 11 is 0. The first-order valence-electron chi connectivity index (χ1n) is 9.52. The lowest BCUT2D eigenvalue weighted by molar-refractivity contribution is -0.161. The fourth-order valence-electron chi connectivity index (χ4n) is 3.10. The summed E-state index contributed by atoms with van der Waals surface area (Å²) in [4.78, 5) is 27.9. The number of esters is 2. The number of anilines is 1. The summed E-state index contributed by atoms with van der Waals surface area (Å²) in [5.41, 5.74) is 6.64. The van der Waals surface area contributed by atoms with Crippen molar-refractivity contribution in [2.24, 2.45) is 11.8 Å². The summed E-state index contributed by atoms with van der Waals surface area (Å²) in [6, 6.07) is 1.49. The molecule has 2 unspecified atom stereocenters. The van der Waals surface area contributed by atoms with Crippen molar-refractivity contribution < 1.29 is 28.9 Å². The summed E-state index contributed by atoms with van der Waals surface area (Å²) < 4.78 is 18.4. The van der Waals surface area contributed by atoms with Crippen LogP contribution in [0.4, 0.5) is 5.82 Å². The maximum absolute atomic E-state index is 12.1. The smallest absolute Gasteiger partial charge is 0.308 e. The Morgan fingerprint density at radius 3 is 2.66 bits per heavy atom. The van der Waals surface area contributed by atoms with Gasteiger partial charge in [0.05, 0.1) is 17.5 Å². The minimum atomic E-state index is -0.641. The predicted molar refractivity (Wildman–Crippen MR) is 102 cm³/mol. The van der Waals surface area contributed by atoms with Crippen LogP contribution in [-0.4, -0.2) is 50.5 Å². The third-order valence-corrected chi connectivity index (χ3v) is 4.72. The number of carbonyl (C=O) groups is 2. The van der Waals surface area contributed by atoms with Crippen LogP contribution in [0.1, 0.15) is 45.9 Å². The molecule has 0 aliphatic carbocycles. The molecule has 3 atom stereocenters. The van der Waals surface area contributed by atoms with E-state index < -0.39 is 18.3 Å². The summed E-state index contributed by atoms with van der Waals surface area (Å²) in [6.07, 6.45) is -0.208. The minimum absolute atomic E-state index is 0.0457. The Morgan fingerprint density at radius 2 is 2.00 bits per heavy atom. The van der Waals surface area contributed by atoms with Crippen LogP contribution in [0, 0.1) is 11.8 Å². The Bertz CT molecular complexity index is 909. The number of nitrogens with zero attached hydrogens (tertiary/aromatic N) is 3. The Labute approximate surface area is 167 Å². The third kappa shape index (κ3) is 4.26. The molecule has 0 aromatic carbocycles. The number of rotatable bonds is 6. The second-order valence-electron chi connectivity index (χ2n) is 7.67. The molecule has 3 heterocycles. The number of fused-ring (bicyclic) bond motifs is 1. The summed E-state index contributed by atoms with van der Waals surface area (Å²) in [6.45, 7) is 6.90. The first-order valence-corrected chi connectivity index (χ1v) is 9.52. The van der Waals surface area contributed by atoms with Gasteiger partial charge in [0.25, 0.3) is 0 Å². The van der Waals surface area contributed by atoms with Crippen LogP contribution < -0.4 is 5.73 Å². The standard InChI is InChI=1S/C19H26N4O6/c1-9(2)18(25)27-7-15-14(29-19(26)10(3)4)6-13(28-15)11-5-12(24)16-17(20)21-8-22-23(11)16/h5,8-10,13-15,24H,6-7H2,1-4H3,(H2,20,21,22)/t13?,14-,15?/m0/s1. The van der Waals surface area contributed by atoms with E-state index >= 15 is 0 Å². The van der Waals surface area contributed by atoms with Crippen LogP contribution in [-0.2, 0) is 23.8 Å². The van der Waals surface area contributed by atoms with Crippen molar-refractivity contribution in [2.75, 3.05) is 12.3 Å². The normalized spacial score (nSPS) is 21.8. The molecule has 2 aromatic heterocycles. The molecule has 3 rings (SSSR count). The number of aromatic nitrogens is 3. The molecule has 0 amide bonds. The van der Waals surface area contributed by atoms with Crippen LogP contribution in [0.5, 0.6) is 5.75 Å². The quantitative estimate of drug-likeness (QED) is 0.685. The average Bonchev–Trinajstić information content (AvgIpc) is 3.21. The van der Waals surface area contributed by atoms with Gasteiger partial charge in [0.15, 0.2) is 5.82 Å². The zero-order valence-electron chi connectivity index (χ0n) is 16.9. The maximum atomic E-state index is 12.1. The van der Waals surface area contributed by atoms with Crippen molar-refractivity contribution in [1.29, 1.82) is 0 Å². The van der Waals surface area contributed by atoms with Crippen molar-refractivity contribution >= 4 is 23.3 Å². The van der Waals surface area contributed by atoms with Crippen molar-refractivity contribution in [2.45, 2.75) is 52.4 Å². The number of ether oxygens (including phenoxy) is 3. The van der Waals surface area contributed by atoms with Crippen molar-refractivity contribution in [3.63, 3.8) is 0 Å². The molecule has 1 aliphatic heterocycles. The first kappa shape index (κ1) is 20.8. The van der Waals surface area contributed by atoms with E-state index in [1.165, 1.54) is 16.9 Å². The SMILES string of the molecule is CC(C)C(=O)OCC1OC(c2cc(O)c3c(N)ncnn23)C[C@@H]1OC(=O)C(C)C. The molecular formula is C19H26N4O6. The molecule has 1 saturated heterocycles. The number of hydrogen-bond donors (Lipinski definition) is 2. The lowest BCUT2D eigenvalue weighted by Gasteiger charge is -2.20. The maximum Gasteiger partial charge on any atom is 0.308 e. The van der Waals surface area contributed by atoms with Gasteiger partial charge in [-0.1, -0.05) is 27.7 Å². The Kier molecular flexibility index (Phi) is 5.92. The number of aromatic hydroxyl groups is 1. The largest absolute Gasteiger partial charge is 0.505 e. The van der Waals surface area contributed by atoms with Crippen LogP contribution >= 0.6 is 0 Å². The molecule has 10 heteroatoms. The highest BCUT2D eigenvalue weighted by molar-refractivity contribution is 5.74. The highest BCUT2D eigenvalue weighted by Gasteiger charge is 2.41. The molecule has 1 aliphatic rings. The topological polar surface area (TPSA) is 138 Å². The van der Waals surface area contributed by atoms with Crippen LogP contribution in [0.15, 0.2) is 12.4 Å². The number of carbonyl (C=O) groups excluding carboxylic acids is 2. The van der Waals surface area contributed by atoms with Gasteiger partial charge >= 0.3 is 11.9 Å². The van der Waals surface area contributed by atoms with E-state index in [1.54, 1.807) is 27.7 Å². The van der Waals surface area contributed by atoms with Gasteiger partial charge in [-0.05, 0) is 0 Å². The highest BCUT2D eigenvalue weighted by Crippen LogP contribution is 2.39. The van der Waals surface area contributed by atoms with E-state index in [2.05, 4.69) is 10.1 Å². The number of nitrogen functional groups attached to an aromatic ring is 1. The van der Waals surface area contributed by atoms with Crippen molar-refractivity contribution in [3.8, 4) is 5.75 Å². The lowest BCUT2D eigenvalue weighted by Crippen LogP contribution is -2.33. The zero-order valence-corrected chi connectivity index (χ0v) is 16.9. The molecule has 2 aromatic rings. The summed E-state index contributed by atoms with van der Waals surface area (Å²) in [5.74, 6) is -1.26. The number of hydrogen-bond acceptors (Lipinski definition) is 9. The van der Waals surface area contributed by atoms with Gasteiger partial charge in [-0.2, -0.15) is 5.10 Å². The van der Waals surface area contributed by atoms with E-state index in [0.29, 0.717) is 12.1 Å². The molecule has 158 valence electrons. The Hall–Kier alpha value is -2.88. The molecule has 0 saturated carbocycles. The molecular weight excluding hydrogens is 380 g/mol. The van der Waals surface area contributed by atoms with E-state index in [0.717, 1.165) is 0 Å². The van der Waals surface area contributed by atoms with Crippen LogP contribution in [0.25, 0.3) is 5.52 Å². The predicted octanol–water partition coefficient (Wildman–Crippen LogP) is 1.61. The molecule has 0 spiro atoms. The van der Waals surface area contributed by atoms with Crippen molar-refractivity contribution in [3.05, 3.63) is 18.1 Å². The van der Waals surface area contributed by atoms with E-state index in [9.17, 15) is 14.7 Å². The zero-order chi connectivity index (χ0) is 21.3. The fraction of sp³-hybridized carbons (Fsp3) is 0.579. The summed E-state index contributed by atoms with van der Waals surface area (Å²) in [5, 5.41) is 14.4. The van der Waals surface area contributed by atoms with Crippen LogP contribution in [0.2, 0.25) is 0 Å². The molecule has 3 N–H and O–H groups in total. The highest BCUT2D eigenvalue weighted by atomic mass is 16.6. The van der Waals surface area contributed by atoms with Gasteiger partial charge in [-0.3, -0.25) is 9.59 Å². The number of nitrogens with two attached hydrogens (primary N) is 1. The van der Waals surface area contributed by atoms with Crippen molar-refractivity contribution in [1.82, 2.24) is 14.6 Å². The molecule has 10 nitrogen and oxygen atoms in total. The van der Waals surface area contributed by atoms with Gasteiger partial charge < -0.3 is 25.1 Å². The molecule has 1 fully saturated rings. The van der Waals surface area contributed by atoms with Gasteiger partial charge in [-0.15, -0.1) is 0 Å². The van der Waals surface area contributed by atoms with Crippen LogP contribution in [0.3, 0.4) is 0 Å².